The lowest BCUT2D eigenvalue weighted by Crippen LogP contribution is -2.35. The van der Waals surface area contributed by atoms with Gasteiger partial charge in [-0.1, -0.05) is 77.8 Å². The van der Waals surface area contributed by atoms with E-state index in [1.807, 2.05) is 48.5 Å². The second-order valence-electron chi connectivity index (χ2n) is 12.7. The van der Waals surface area contributed by atoms with Gasteiger partial charge in [-0.2, -0.15) is 0 Å². The summed E-state index contributed by atoms with van der Waals surface area (Å²) >= 11 is 14.2. The van der Waals surface area contributed by atoms with E-state index >= 15 is 0 Å². The molecule has 3 aromatic carbocycles. The highest BCUT2D eigenvalue weighted by atomic mass is 35.5. The number of methoxy groups -OCH3 is 1. The number of amides is 2. The summed E-state index contributed by atoms with van der Waals surface area (Å²) in [6.07, 6.45) is 2.90. The zero-order valence-corrected chi connectivity index (χ0v) is 28.7. The Morgan fingerprint density at radius 1 is 0.776 bits per heavy atom. The molecule has 0 aliphatic carbocycles. The quantitative estimate of drug-likeness (QED) is 0.100. The van der Waals surface area contributed by atoms with Gasteiger partial charge in [0, 0.05) is 90.1 Å². The van der Waals surface area contributed by atoms with Crippen LogP contribution in [-0.2, 0) is 22.7 Å². The highest BCUT2D eigenvalue weighted by molar-refractivity contribution is 6.39. The zero-order valence-electron chi connectivity index (χ0n) is 27.2. The number of halogens is 2. The van der Waals surface area contributed by atoms with Crippen LogP contribution < -0.4 is 26.0 Å². The van der Waals surface area contributed by atoms with Crippen molar-refractivity contribution in [2.45, 2.75) is 50.9 Å². The highest BCUT2D eigenvalue weighted by Gasteiger charge is 2.22. The number of hydrogen-bond acceptors (Lipinski definition) is 6. The Kier molecular flexibility index (Phi) is 9.86. The normalized spacial score (nSPS) is 17.4. The number of carbonyl (C=O) groups is 2. The molecule has 7 rings (SSSR count). The predicted octanol–water partition coefficient (Wildman–Crippen LogP) is 6.62. The number of nitrogens with one attached hydrogen (secondary N) is 5. The number of benzene rings is 3. The van der Waals surface area contributed by atoms with Gasteiger partial charge in [0.1, 0.15) is 0 Å². The molecular formula is C38H38Cl2N6O3. The molecule has 9 nitrogen and oxygen atoms in total. The Bertz CT molecular complexity index is 2030. The third-order valence-corrected chi connectivity index (χ3v) is 10.1. The van der Waals surface area contributed by atoms with Crippen LogP contribution in [0.2, 0.25) is 10.0 Å². The molecule has 2 aliphatic rings. The first-order valence-electron chi connectivity index (χ1n) is 16.6. The number of pyridine rings is 1. The summed E-state index contributed by atoms with van der Waals surface area (Å²) in [6, 6.07) is 24.6. The van der Waals surface area contributed by atoms with Crippen molar-refractivity contribution in [3.8, 4) is 39.4 Å². The largest absolute Gasteiger partial charge is 0.481 e. The lowest BCUT2D eigenvalue weighted by Gasteiger charge is -2.16. The number of aromatic amines is 1. The summed E-state index contributed by atoms with van der Waals surface area (Å²) in [4.78, 5) is 31.3. The number of fused-ring (bicyclic) bond motifs is 1. The Morgan fingerprint density at radius 3 is 2.06 bits per heavy atom. The third-order valence-electron chi connectivity index (χ3n) is 9.27. The van der Waals surface area contributed by atoms with Gasteiger partial charge in [-0.3, -0.25) is 9.59 Å². The molecule has 2 aromatic heterocycles. The minimum atomic E-state index is 0.104. The standard InChI is InChI=1S/C38H38Cl2N6O3/c1-49-38-24(18-41-19-25-11-14-34(47)44-25)10-13-32(46-38)31-7-3-6-30(37(31)40)29-5-2-4-28(36(29)39)22-8-9-23-16-27(43-33(23)17-22)21-42-20-26-12-15-35(48)45-26/h2-10,13,16-17,25-26,41-43H,11-12,14-15,18-21H2,1H3,(H,44,47)(H,45,48)/t25-,26-/m1/s1. The van der Waals surface area contributed by atoms with Crippen molar-refractivity contribution >= 4 is 45.9 Å². The fourth-order valence-corrected chi connectivity index (χ4v) is 7.37. The van der Waals surface area contributed by atoms with Gasteiger partial charge in [0.2, 0.25) is 17.7 Å². The van der Waals surface area contributed by atoms with Crippen LogP contribution in [0, 0.1) is 0 Å². The fraction of sp³-hybridized carbons (Fsp3) is 0.289. The molecule has 0 radical (unpaired) electrons. The third kappa shape index (κ3) is 7.31. The molecule has 0 unspecified atom stereocenters. The highest BCUT2D eigenvalue weighted by Crippen LogP contribution is 2.42. The number of nitrogens with zero attached hydrogens (tertiary/aromatic N) is 1. The van der Waals surface area contributed by atoms with Crippen LogP contribution in [0.15, 0.2) is 72.8 Å². The van der Waals surface area contributed by atoms with Crippen molar-refractivity contribution in [1.82, 2.24) is 31.2 Å². The Hall–Kier alpha value is -4.41. The molecule has 49 heavy (non-hydrogen) atoms. The lowest BCUT2D eigenvalue weighted by molar-refractivity contribution is -0.120. The van der Waals surface area contributed by atoms with Crippen molar-refractivity contribution in [1.29, 1.82) is 0 Å². The molecule has 2 amide bonds. The van der Waals surface area contributed by atoms with Gasteiger partial charge in [0.25, 0.3) is 0 Å². The monoisotopic (exact) mass is 696 g/mol. The van der Waals surface area contributed by atoms with Gasteiger partial charge in [0.15, 0.2) is 0 Å². The molecule has 252 valence electrons. The summed E-state index contributed by atoms with van der Waals surface area (Å²) in [5.74, 6) is 0.749. The minimum Gasteiger partial charge on any atom is -0.481 e. The van der Waals surface area contributed by atoms with Crippen LogP contribution in [0.25, 0.3) is 44.4 Å². The summed E-state index contributed by atoms with van der Waals surface area (Å²) in [5, 5.41) is 15.1. The summed E-state index contributed by atoms with van der Waals surface area (Å²) in [5.41, 5.74) is 8.02. The Balaban J connectivity index is 1.09. The van der Waals surface area contributed by atoms with E-state index in [0.717, 1.165) is 69.4 Å². The van der Waals surface area contributed by atoms with Gasteiger partial charge in [0.05, 0.1) is 22.8 Å². The SMILES string of the molecule is COc1nc(-c2cccc(-c3cccc(-c4ccc5cc(CNC[C@H]6CCC(=O)N6)[nH]c5c4)c3Cl)c2Cl)ccc1CNC[C@H]1CCC(=O)N1. The predicted molar refractivity (Wildman–Crippen MR) is 195 cm³/mol. The second-order valence-corrected chi connectivity index (χ2v) is 13.4. The molecule has 2 aliphatic heterocycles. The van der Waals surface area contributed by atoms with Gasteiger partial charge >= 0.3 is 0 Å². The van der Waals surface area contributed by atoms with E-state index in [1.165, 1.54) is 0 Å². The first-order chi connectivity index (χ1) is 23.9. The molecule has 2 saturated heterocycles. The number of carbonyl (C=O) groups excluding carboxylic acids is 2. The van der Waals surface area contributed by atoms with Crippen molar-refractivity contribution in [3.63, 3.8) is 0 Å². The van der Waals surface area contributed by atoms with Crippen LogP contribution >= 0.6 is 23.2 Å². The first kappa shape index (κ1) is 33.1. The maximum atomic E-state index is 11.5. The van der Waals surface area contributed by atoms with E-state index in [0.29, 0.717) is 54.1 Å². The van der Waals surface area contributed by atoms with Crippen molar-refractivity contribution in [3.05, 3.63) is 94.1 Å². The Morgan fingerprint density at radius 2 is 1.41 bits per heavy atom. The first-order valence-corrected chi connectivity index (χ1v) is 17.4. The number of hydrogen-bond donors (Lipinski definition) is 5. The van der Waals surface area contributed by atoms with Gasteiger partial charge in [-0.25, -0.2) is 4.98 Å². The van der Waals surface area contributed by atoms with Gasteiger partial charge < -0.3 is 31.0 Å². The fourth-order valence-electron chi connectivity index (χ4n) is 6.70. The van der Waals surface area contributed by atoms with Crippen molar-refractivity contribution in [2.75, 3.05) is 20.2 Å². The van der Waals surface area contributed by atoms with Crippen LogP contribution in [-0.4, -0.2) is 54.1 Å². The molecule has 0 saturated carbocycles. The summed E-state index contributed by atoms with van der Waals surface area (Å²) in [7, 11) is 1.61. The topological polar surface area (TPSA) is 120 Å². The van der Waals surface area contributed by atoms with E-state index in [1.54, 1.807) is 7.11 Å². The molecular weight excluding hydrogens is 659 g/mol. The van der Waals surface area contributed by atoms with Gasteiger partial charge in [-0.05, 0) is 42.0 Å². The average Bonchev–Trinajstić information content (AvgIpc) is 3.84. The molecule has 0 bridgehead atoms. The lowest BCUT2D eigenvalue weighted by atomic mass is 9.96. The van der Waals surface area contributed by atoms with E-state index in [4.69, 9.17) is 32.9 Å². The molecule has 5 N–H and O–H groups in total. The van der Waals surface area contributed by atoms with Gasteiger partial charge in [-0.15, -0.1) is 0 Å². The molecule has 0 spiro atoms. The molecule has 2 atom stereocenters. The molecule has 5 aromatic rings. The zero-order chi connectivity index (χ0) is 33.9. The summed E-state index contributed by atoms with van der Waals surface area (Å²) in [6.45, 7) is 2.68. The van der Waals surface area contributed by atoms with Crippen molar-refractivity contribution in [2.24, 2.45) is 0 Å². The second kappa shape index (κ2) is 14.6. The van der Waals surface area contributed by atoms with E-state index in [9.17, 15) is 9.59 Å². The van der Waals surface area contributed by atoms with Crippen LogP contribution in [0.5, 0.6) is 5.88 Å². The van der Waals surface area contributed by atoms with E-state index in [-0.39, 0.29) is 23.9 Å². The van der Waals surface area contributed by atoms with E-state index in [2.05, 4.69) is 50.5 Å². The van der Waals surface area contributed by atoms with Crippen molar-refractivity contribution < 1.29 is 14.3 Å². The Labute approximate surface area is 295 Å². The van der Waals surface area contributed by atoms with Crippen LogP contribution in [0.1, 0.15) is 36.9 Å². The summed E-state index contributed by atoms with van der Waals surface area (Å²) < 4.78 is 5.66. The maximum Gasteiger partial charge on any atom is 0.220 e. The molecule has 4 heterocycles. The molecule has 2 fully saturated rings. The number of ether oxygens (including phenoxy) is 1. The van der Waals surface area contributed by atoms with Crippen LogP contribution in [0.4, 0.5) is 0 Å². The average molecular weight is 698 g/mol. The number of rotatable bonds is 12. The number of aromatic nitrogens is 2. The maximum absolute atomic E-state index is 11.5. The molecule has 11 heteroatoms. The number of H-pyrrole nitrogens is 1. The minimum absolute atomic E-state index is 0.104. The van der Waals surface area contributed by atoms with E-state index < -0.39 is 0 Å². The van der Waals surface area contributed by atoms with Crippen LogP contribution in [0.3, 0.4) is 0 Å². The smallest absolute Gasteiger partial charge is 0.220 e.